The fraction of sp³-hybridized carbons (Fsp3) is 0.250. The molecule has 4 heteroatoms. The summed E-state index contributed by atoms with van der Waals surface area (Å²) in [6.07, 6.45) is 8.91. The normalized spacial score (nSPS) is 14.4. The van der Waals surface area contributed by atoms with Crippen LogP contribution in [0.3, 0.4) is 0 Å². The number of amides is 1. The summed E-state index contributed by atoms with van der Waals surface area (Å²) in [6.45, 7) is 0.149. The maximum atomic E-state index is 11.4. The molecule has 0 atom stereocenters. The van der Waals surface area contributed by atoms with Crippen LogP contribution < -0.4 is 5.32 Å². The molecule has 1 amide bonds. The Labute approximate surface area is 93.6 Å². The highest BCUT2D eigenvalue weighted by Crippen LogP contribution is 2.07. The first kappa shape index (κ1) is 10.5. The smallest absolute Gasteiger partial charge is 0.412 e. The van der Waals surface area contributed by atoms with Gasteiger partial charge in [-0.05, 0) is 31.1 Å². The zero-order chi connectivity index (χ0) is 11.2. The van der Waals surface area contributed by atoms with Crippen LogP contribution in [0.5, 0.6) is 0 Å². The second-order valence-corrected chi connectivity index (χ2v) is 3.42. The Morgan fingerprint density at radius 2 is 2.44 bits per heavy atom. The number of ether oxygens (including phenoxy) is 1. The Morgan fingerprint density at radius 3 is 3.12 bits per heavy atom. The molecule has 16 heavy (non-hydrogen) atoms. The van der Waals surface area contributed by atoms with Crippen molar-refractivity contribution in [2.75, 3.05) is 0 Å². The summed E-state index contributed by atoms with van der Waals surface area (Å²) in [5, 5.41) is 2.65. The van der Waals surface area contributed by atoms with Crippen molar-refractivity contribution in [2.24, 2.45) is 0 Å². The van der Waals surface area contributed by atoms with Gasteiger partial charge >= 0.3 is 6.09 Å². The molecule has 1 N–H and O–H groups in total. The van der Waals surface area contributed by atoms with Gasteiger partial charge in [0.2, 0.25) is 0 Å². The van der Waals surface area contributed by atoms with E-state index in [1.807, 2.05) is 18.2 Å². The van der Waals surface area contributed by atoms with Crippen LogP contribution in [-0.4, -0.2) is 6.09 Å². The number of rotatable bonds is 3. The molecule has 2 rings (SSSR count). The predicted octanol–water partition coefficient (Wildman–Crippen LogP) is 2.74. The van der Waals surface area contributed by atoms with Crippen LogP contribution in [0.4, 0.5) is 4.79 Å². The fourth-order valence-electron chi connectivity index (χ4n) is 1.39. The predicted molar refractivity (Wildman–Crippen MR) is 58.5 cm³/mol. The molecule has 0 radical (unpaired) electrons. The van der Waals surface area contributed by atoms with Crippen molar-refractivity contribution in [1.82, 2.24) is 5.32 Å². The molecular formula is C12H13NO3. The van der Waals surface area contributed by atoms with E-state index in [-0.39, 0.29) is 6.61 Å². The lowest BCUT2D eigenvalue weighted by molar-refractivity contribution is 0.134. The van der Waals surface area contributed by atoms with Crippen molar-refractivity contribution in [3.8, 4) is 0 Å². The number of nitrogens with one attached hydrogen (secondary N) is 1. The first-order valence-electron chi connectivity index (χ1n) is 5.17. The van der Waals surface area contributed by atoms with E-state index in [0.29, 0.717) is 5.76 Å². The Kier molecular flexibility index (Phi) is 3.43. The van der Waals surface area contributed by atoms with Gasteiger partial charge < -0.3 is 9.15 Å². The van der Waals surface area contributed by atoms with Gasteiger partial charge in [0, 0.05) is 5.70 Å². The molecule has 1 aromatic rings. The van der Waals surface area contributed by atoms with Gasteiger partial charge in [0.05, 0.1) is 6.26 Å². The fourth-order valence-corrected chi connectivity index (χ4v) is 1.39. The first-order chi connectivity index (χ1) is 7.84. The third-order valence-corrected chi connectivity index (χ3v) is 2.17. The van der Waals surface area contributed by atoms with E-state index in [2.05, 4.69) is 5.32 Å². The Hall–Kier alpha value is -1.97. The SMILES string of the molecule is O=C(NC1=CCCC=C1)OCc1ccco1. The van der Waals surface area contributed by atoms with Gasteiger partial charge in [0.15, 0.2) is 6.61 Å². The largest absolute Gasteiger partial charge is 0.466 e. The van der Waals surface area contributed by atoms with Gasteiger partial charge in [-0.2, -0.15) is 0 Å². The summed E-state index contributed by atoms with van der Waals surface area (Å²) in [4.78, 5) is 11.4. The topological polar surface area (TPSA) is 51.5 Å². The molecule has 0 saturated heterocycles. The molecule has 1 aliphatic rings. The van der Waals surface area contributed by atoms with Crippen LogP contribution in [0.2, 0.25) is 0 Å². The average molecular weight is 219 g/mol. The molecular weight excluding hydrogens is 206 g/mol. The van der Waals surface area contributed by atoms with E-state index in [1.54, 1.807) is 18.4 Å². The van der Waals surface area contributed by atoms with E-state index in [0.717, 1.165) is 18.5 Å². The molecule has 1 heterocycles. The minimum absolute atomic E-state index is 0.149. The van der Waals surface area contributed by atoms with Crippen LogP contribution in [0.15, 0.2) is 46.7 Å². The molecule has 0 unspecified atom stereocenters. The van der Waals surface area contributed by atoms with E-state index >= 15 is 0 Å². The van der Waals surface area contributed by atoms with Crippen molar-refractivity contribution in [3.63, 3.8) is 0 Å². The maximum absolute atomic E-state index is 11.4. The zero-order valence-electron chi connectivity index (χ0n) is 8.81. The van der Waals surface area contributed by atoms with E-state index in [1.165, 1.54) is 0 Å². The minimum Gasteiger partial charge on any atom is -0.466 e. The lowest BCUT2D eigenvalue weighted by Crippen LogP contribution is -2.23. The zero-order valence-corrected chi connectivity index (χ0v) is 8.81. The van der Waals surface area contributed by atoms with Crippen LogP contribution in [-0.2, 0) is 11.3 Å². The molecule has 1 aromatic heterocycles. The number of allylic oxidation sites excluding steroid dienone is 3. The second-order valence-electron chi connectivity index (χ2n) is 3.42. The molecule has 0 aliphatic heterocycles. The van der Waals surface area contributed by atoms with Crippen LogP contribution in [0, 0.1) is 0 Å². The van der Waals surface area contributed by atoms with E-state index in [4.69, 9.17) is 9.15 Å². The second kappa shape index (κ2) is 5.21. The molecule has 84 valence electrons. The third-order valence-electron chi connectivity index (χ3n) is 2.17. The minimum atomic E-state index is -0.464. The Balaban J connectivity index is 1.76. The quantitative estimate of drug-likeness (QED) is 0.850. The highest BCUT2D eigenvalue weighted by atomic mass is 16.6. The number of carbonyl (C=O) groups excluding carboxylic acids is 1. The lowest BCUT2D eigenvalue weighted by atomic mass is 10.1. The van der Waals surface area contributed by atoms with Crippen molar-refractivity contribution in [1.29, 1.82) is 0 Å². The van der Waals surface area contributed by atoms with Crippen molar-refractivity contribution in [2.45, 2.75) is 19.4 Å². The summed E-state index contributed by atoms with van der Waals surface area (Å²) in [6, 6.07) is 3.51. The summed E-state index contributed by atoms with van der Waals surface area (Å²) >= 11 is 0. The summed E-state index contributed by atoms with van der Waals surface area (Å²) < 4.78 is 10.0. The van der Waals surface area contributed by atoms with Gasteiger partial charge in [0.25, 0.3) is 0 Å². The third kappa shape index (κ3) is 3.02. The molecule has 0 bridgehead atoms. The molecule has 0 fully saturated rings. The number of furan rings is 1. The van der Waals surface area contributed by atoms with Crippen LogP contribution >= 0.6 is 0 Å². The number of alkyl carbamates (subject to hydrolysis) is 1. The van der Waals surface area contributed by atoms with Gasteiger partial charge in [0.1, 0.15) is 5.76 Å². The summed E-state index contributed by atoms with van der Waals surface area (Å²) in [5.41, 5.74) is 0.788. The summed E-state index contributed by atoms with van der Waals surface area (Å²) in [7, 11) is 0. The number of hydrogen-bond donors (Lipinski definition) is 1. The van der Waals surface area contributed by atoms with E-state index in [9.17, 15) is 4.79 Å². The highest BCUT2D eigenvalue weighted by Gasteiger charge is 2.06. The Bertz CT molecular complexity index is 404. The first-order valence-corrected chi connectivity index (χ1v) is 5.17. The highest BCUT2D eigenvalue weighted by molar-refractivity contribution is 5.70. The van der Waals surface area contributed by atoms with Gasteiger partial charge in [-0.15, -0.1) is 0 Å². The Morgan fingerprint density at radius 1 is 1.50 bits per heavy atom. The number of carbonyl (C=O) groups is 1. The van der Waals surface area contributed by atoms with Crippen molar-refractivity contribution in [3.05, 3.63) is 48.1 Å². The standard InChI is InChI=1S/C12H13NO3/c14-12(13-10-5-2-1-3-6-10)16-9-11-7-4-8-15-11/h2,4-8H,1,3,9H2,(H,13,14). The molecule has 0 spiro atoms. The van der Waals surface area contributed by atoms with Crippen LogP contribution in [0.1, 0.15) is 18.6 Å². The molecule has 0 saturated carbocycles. The van der Waals surface area contributed by atoms with Crippen LogP contribution in [0.25, 0.3) is 0 Å². The molecule has 1 aliphatic carbocycles. The lowest BCUT2D eigenvalue weighted by Gasteiger charge is -2.08. The number of hydrogen-bond acceptors (Lipinski definition) is 3. The molecule has 4 nitrogen and oxygen atoms in total. The van der Waals surface area contributed by atoms with Gasteiger partial charge in [-0.25, -0.2) is 4.79 Å². The average Bonchev–Trinajstić information content (AvgIpc) is 2.81. The van der Waals surface area contributed by atoms with Gasteiger partial charge in [-0.3, -0.25) is 5.32 Å². The van der Waals surface area contributed by atoms with E-state index < -0.39 is 6.09 Å². The van der Waals surface area contributed by atoms with Crippen molar-refractivity contribution < 1.29 is 13.9 Å². The van der Waals surface area contributed by atoms with Crippen molar-refractivity contribution >= 4 is 6.09 Å². The molecule has 0 aromatic carbocycles. The van der Waals surface area contributed by atoms with Gasteiger partial charge in [-0.1, -0.05) is 12.2 Å². The summed E-state index contributed by atoms with van der Waals surface area (Å²) in [5.74, 6) is 0.628. The maximum Gasteiger partial charge on any atom is 0.412 e. The monoisotopic (exact) mass is 219 g/mol.